The summed E-state index contributed by atoms with van der Waals surface area (Å²) in [6, 6.07) is 11.9. The van der Waals surface area contributed by atoms with Crippen LogP contribution in [-0.4, -0.2) is 36.8 Å². The van der Waals surface area contributed by atoms with Crippen molar-refractivity contribution >= 4 is 17.6 Å². The maximum absolute atomic E-state index is 12.7. The SMILES string of the molecule is COc1ccc(C(=O)Nc2ccc(OCCCC(=O)O)cc2)c(OC(C)C)c1. The first-order valence-corrected chi connectivity index (χ1v) is 8.99. The fourth-order valence-electron chi connectivity index (χ4n) is 2.41. The highest BCUT2D eigenvalue weighted by atomic mass is 16.5. The molecule has 2 rings (SSSR count). The number of benzene rings is 2. The smallest absolute Gasteiger partial charge is 0.303 e. The topological polar surface area (TPSA) is 94.1 Å². The number of carbonyl (C=O) groups is 2. The maximum Gasteiger partial charge on any atom is 0.303 e. The van der Waals surface area contributed by atoms with Crippen molar-refractivity contribution in [2.75, 3.05) is 19.0 Å². The molecule has 150 valence electrons. The molecule has 0 atom stereocenters. The van der Waals surface area contributed by atoms with Crippen molar-refractivity contribution in [2.45, 2.75) is 32.8 Å². The van der Waals surface area contributed by atoms with Crippen LogP contribution in [0.5, 0.6) is 17.2 Å². The molecule has 0 fully saturated rings. The van der Waals surface area contributed by atoms with Gasteiger partial charge in [0, 0.05) is 18.2 Å². The molecule has 0 aliphatic carbocycles. The molecule has 0 aromatic heterocycles. The van der Waals surface area contributed by atoms with Crippen molar-refractivity contribution < 1.29 is 28.9 Å². The zero-order valence-corrected chi connectivity index (χ0v) is 16.2. The predicted molar refractivity (Wildman–Crippen MR) is 106 cm³/mol. The number of carboxylic acids is 1. The van der Waals surface area contributed by atoms with Crippen LogP contribution in [0.15, 0.2) is 42.5 Å². The molecule has 2 N–H and O–H groups in total. The van der Waals surface area contributed by atoms with E-state index in [1.807, 2.05) is 13.8 Å². The average Bonchev–Trinajstić information content (AvgIpc) is 2.65. The second kappa shape index (κ2) is 10.2. The molecule has 0 aliphatic rings. The zero-order chi connectivity index (χ0) is 20.5. The van der Waals surface area contributed by atoms with E-state index in [1.165, 1.54) is 0 Å². The fraction of sp³-hybridized carbons (Fsp3) is 0.333. The molecule has 0 saturated carbocycles. The molecule has 2 aromatic carbocycles. The predicted octanol–water partition coefficient (Wildman–Crippen LogP) is 3.98. The maximum atomic E-state index is 12.7. The van der Waals surface area contributed by atoms with Crippen LogP contribution in [0.2, 0.25) is 0 Å². The number of methoxy groups -OCH3 is 1. The van der Waals surface area contributed by atoms with Gasteiger partial charge in [-0.25, -0.2) is 0 Å². The highest BCUT2D eigenvalue weighted by Crippen LogP contribution is 2.27. The Morgan fingerprint density at radius 3 is 2.36 bits per heavy atom. The number of rotatable bonds is 10. The van der Waals surface area contributed by atoms with Gasteiger partial charge in [0.2, 0.25) is 0 Å². The second-order valence-corrected chi connectivity index (χ2v) is 6.35. The van der Waals surface area contributed by atoms with Crippen LogP contribution in [0, 0.1) is 0 Å². The zero-order valence-electron chi connectivity index (χ0n) is 16.2. The summed E-state index contributed by atoms with van der Waals surface area (Å²) in [7, 11) is 1.56. The van der Waals surface area contributed by atoms with E-state index in [2.05, 4.69) is 5.32 Å². The number of hydrogen-bond donors (Lipinski definition) is 2. The Morgan fingerprint density at radius 2 is 1.75 bits per heavy atom. The summed E-state index contributed by atoms with van der Waals surface area (Å²) in [6.07, 6.45) is 0.414. The first-order chi connectivity index (χ1) is 13.4. The third-order valence-electron chi connectivity index (χ3n) is 3.71. The Kier molecular flexibility index (Phi) is 7.68. The molecule has 0 radical (unpaired) electrons. The lowest BCUT2D eigenvalue weighted by Gasteiger charge is -2.15. The van der Waals surface area contributed by atoms with E-state index in [-0.39, 0.29) is 18.4 Å². The molecule has 0 saturated heterocycles. The Bertz CT molecular complexity index is 801. The minimum absolute atomic E-state index is 0.0663. The fourth-order valence-corrected chi connectivity index (χ4v) is 2.41. The molecule has 7 nitrogen and oxygen atoms in total. The quantitative estimate of drug-likeness (QED) is 0.599. The number of hydrogen-bond acceptors (Lipinski definition) is 5. The third kappa shape index (κ3) is 6.50. The summed E-state index contributed by atoms with van der Waals surface area (Å²) in [5.41, 5.74) is 1.01. The van der Waals surface area contributed by atoms with Crippen molar-refractivity contribution in [2.24, 2.45) is 0 Å². The van der Waals surface area contributed by atoms with E-state index in [9.17, 15) is 9.59 Å². The minimum atomic E-state index is -0.846. The van der Waals surface area contributed by atoms with Crippen molar-refractivity contribution in [1.82, 2.24) is 0 Å². The van der Waals surface area contributed by atoms with Crippen LogP contribution < -0.4 is 19.5 Å². The summed E-state index contributed by atoms with van der Waals surface area (Å²) in [5.74, 6) is 0.521. The Morgan fingerprint density at radius 1 is 1.07 bits per heavy atom. The molecule has 1 amide bonds. The van der Waals surface area contributed by atoms with E-state index in [0.717, 1.165) is 0 Å². The Balaban J connectivity index is 2.01. The highest BCUT2D eigenvalue weighted by Gasteiger charge is 2.15. The minimum Gasteiger partial charge on any atom is -0.497 e. The van der Waals surface area contributed by atoms with Gasteiger partial charge in [-0.2, -0.15) is 0 Å². The van der Waals surface area contributed by atoms with Gasteiger partial charge in [0.05, 0.1) is 25.4 Å². The van der Waals surface area contributed by atoms with Gasteiger partial charge in [-0.05, 0) is 56.7 Å². The van der Waals surface area contributed by atoms with Crippen LogP contribution >= 0.6 is 0 Å². The van der Waals surface area contributed by atoms with E-state index < -0.39 is 5.97 Å². The van der Waals surface area contributed by atoms with Gasteiger partial charge in [0.25, 0.3) is 5.91 Å². The molecule has 0 spiro atoms. The number of nitrogens with one attached hydrogen (secondary N) is 1. The van der Waals surface area contributed by atoms with E-state index >= 15 is 0 Å². The number of anilines is 1. The third-order valence-corrected chi connectivity index (χ3v) is 3.71. The molecule has 0 aliphatic heterocycles. The lowest BCUT2D eigenvalue weighted by molar-refractivity contribution is -0.137. The van der Waals surface area contributed by atoms with E-state index in [0.29, 0.717) is 41.5 Å². The van der Waals surface area contributed by atoms with Gasteiger partial charge in [-0.15, -0.1) is 0 Å². The molecule has 28 heavy (non-hydrogen) atoms. The summed E-state index contributed by atoms with van der Waals surface area (Å²) >= 11 is 0. The molecule has 0 unspecified atom stereocenters. The van der Waals surface area contributed by atoms with Crippen LogP contribution in [0.25, 0.3) is 0 Å². The normalized spacial score (nSPS) is 10.4. The van der Waals surface area contributed by atoms with Gasteiger partial charge in [-0.1, -0.05) is 0 Å². The Hall–Kier alpha value is -3.22. The monoisotopic (exact) mass is 387 g/mol. The van der Waals surface area contributed by atoms with Crippen LogP contribution in [0.4, 0.5) is 5.69 Å². The number of carbonyl (C=O) groups excluding carboxylic acids is 1. The number of carboxylic acid groups (broad SMARTS) is 1. The van der Waals surface area contributed by atoms with Crippen molar-refractivity contribution in [3.63, 3.8) is 0 Å². The van der Waals surface area contributed by atoms with Crippen molar-refractivity contribution in [3.05, 3.63) is 48.0 Å². The average molecular weight is 387 g/mol. The van der Waals surface area contributed by atoms with Crippen LogP contribution in [-0.2, 0) is 4.79 Å². The van der Waals surface area contributed by atoms with Gasteiger partial charge >= 0.3 is 5.97 Å². The standard InChI is InChI=1S/C21H25NO6/c1-14(2)28-19-13-17(26-3)10-11-18(19)21(25)22-15-6-8-16(9-7-15)27-12-4-5-20(23)24/h6-11,13-14H,4-5,12H2,1-3H3,(H,22,25)(H,23,24). The highest BCUT2D eigenvalue weighted by molar-refractivity contribution is 6.06. The Labute approximate surface area is 164 Å². The van der Waals surface area contributed by atoms with Gasteiger partial charge < -0.3 is 24.6 Å². The number of ether oxygens (including phenoxy) is 3. The van der Waals surface area contributed by atoms with E-state index in [4.69, 9.17) is 19.3 Å². The number of aliphatic carboxylic acids is 1. The lowest BCUT2D eigenvalue weighted by atomic mass is 10.1. The van der Waals surface area contributed by atoms with Crippen LogP contribution in [0.3, 0.4) is 0 Å². The van der Waals surface area contributed by atoms with E-state index in [1.54, 1.807) is 49.6 Å². The molecule has 2 aromatic rings. The van der Waals surface area contributed by atoms with Crippen LogP contribution in [0.1, 0.15) is 37.0 Å². The molecular weight excluding hydrogens is 362 g/mol. The molecule has 7 heteroatoms. The summed E-state index contributed by atoms with van der Waals surface area (Å²) in [4.78, 5) is 23.1. The van der Waals surface area contributed by atoms with Crippen molar-refractivity contribution in [1.29, 1.82) is 0 Å². The van der Waals surface area contributed by atoms with Gasteiger partial charge in [0.1, 0.15) is 17.2 Å². The second-order valence-electron chi connectivity index (χ2n) is 6.35. The first-order valence-electron chi connectivity index (χ1n) is 8.99. The van der Waals surface area contributed by atoms with Gasteiger partial charge in [0.15, 0.2) is 0 Å². The summed E-state index contributed by atoms with van der Waals surface area (Å²) < 4.78 is 16.4. The lowest BCUT2D eigenvalue weighted by Crippen LogP contribution is -2.16. The van der Waals surface area contributed by atoms with Gasteiger partial charge in [-0.3, -0.25) is 9.59 Å². The summed E-state index contributed by atoms with van der Waals surface area (Å²) in [5, 5.41) is 11.4. The first kappa shape index (κ1) is 21.1. The molecule has 0 bridgehead atoms. The van der Waals surface area contributed by atoms with Crippen molar-refractivity contribution in [3.8, 4) is 17.2 Å². The largest absolute Gasteiger partial charge is 0.497 e. The summed E-state index contributed by atoms with van der Waals surface area (Å²) in [6.45, 7) is 4.09. The number of amides is 1. The molecule has 0 heterocycles. The molecular formula is C21H25NO6.